The van der Waals surface area contributed by atoms with Crippen molar-refractivity contribution in [2.24, 2.45) is 22.7 Å². The van der Waals surface area contributed by atoms with E-state index in [4.69, 9.17) is 4.74 Å². The number of fused-ring (bicyclic) bond motifs is 9. The van der Waals surface area contributed by atoms with Crippen LogP contribution >= 0.6 is 0 Å². The summed E-state index contributed by atoms with van der Waals surface area (Å²) < 4.78 is 6.57. The number of hydrogen-bond donors (Lipinski definition) is 3. The van der Waals surface area contributed by atoms with Crippen LogP contribution in [-0.2, 0) is 16.6 Å². The van der Waals surface area contributed by atoms with Crippen LogP contribution in [0, 0.1) is 22.7 Å². The van der Waals surface area contributed by atoms with E-state index in [9.17, 15) is 10.2 Å². The van der Waals surface area contributed by atoms with Crippen LogP contribution in [0.4, 0.5) is 0 Å². The van der Waals surface area contributed by atoms with Crippen molar-refractivity contribution < 1.29 is 14.9 Å². The Morgan fingerprint density at radius 2 is 1.84 bits per heavy atom. The Balaban J connectivity index is 1.44. The lowest BCUT2D eigenvalue weighted by atomic mass is 9.39. The van der Waals surface area contributed by atoms with Crippen molar-refractivity contribution in [1.29, 1.82) is 0 Å². The summed E-state index contributed by atoms with van der Waals surface area (Å²) >= 11 is 0. The fourth-order valence-electron chi connectivity index (χ4n) is 8.93. The molecule has 1 unspecified atom stereocenters. The highest BCUT2D eigenvalue weighted by atomic mass is 16.5. The molecule has 8 atom stereocenters. The summed E-state index contributed by atoms with van der Waals surface area (Å²) in [6, 6.07) is 8.77. The van der Waals surface area contributed by atoms with E-state index < -0.39 is 11.7 Å². The lowest BCUT2D eigenvalue weighted by Crippen LogP contribution is -2.68. The summed E-state index contributed by atoms with van der Waals surface area (Å²) in [4.78, 5) is 3.87. The van der Waals surface area contributed by atoms with Gasteiger partial charge in [0.25, 0.3) is 0 Å². The van der Waals surface area contributed by atoms with Gasteiger partial charge in [-0.25, -0.2) is 0 Å². The van der Waals surface area contributed by atoms with Gasteiger partial charge in [-0.3, -0.25) is 0 Å². The van der Waals surface area contributed by atoms with E-state index in [1.165, 1.54) is 28.6 Å². The number of ether oxygens (including phenoxy) is 1. The van der Waals surface area contributed by atoms with E-state index in [1.807, 2.05) is 13.8 Å². The highest BCUT2D eigenvalue weighted by Gasteiger charge is 2.69. The number of hydrogen-bond acceptors (Lipinski definition) is 3. The molecule has 4 heteroatoms. The van der Waals surface area contributed by atoms with Crippen molar-refractivity contribution in [3.63, 3.8) is 0 Å². The molecule has 0 amide bonds. The number of H-pyrrole nitrogens is 1. The maximum atomic E-state index is 11.6. The lowest BCUT2D eigenvalue weighted by molar-refractivity contribution is -0.280. The molecule has 3 N–H and O–H groups in total. The SMILES string of the molecule is CC(C)(O)[C@@H]1CC(O)[C@]2(C)[C@H](CC[C@@]3(C)[C@H]2CC[C@H]2Cc4c([nH]c5ccccc45)[C@@]23C)O1. The first-order valence-corrected chi connectivity index (χ1v) is 12.7. The third-order valence-electron chi connectivity index (χ3n) is 11.0. The summed E-state index contributed by atoms with van der Waals surface area (Å²) in [6.07, 6.45) is 5.33. The van der Waals surface area contributed by atoms with Crippen molar-refractivity contribution in [2.45, 2.75) is 102 Å². The number of rotatable bonds is 1. The number of para-hydroxylation sites is 1. The predicted octanol–water partition coefficient (Wildman–Crippen LogP) is 5.10. The first-order chi connectivity index (χ1) is 15.0. The summed E-state index contributed by atoms with van der Waals surface area (Å²) in [5.74, 6) is 1.05. The second kappa shape index (κ2) is 6.40. The fourth-order valence-corrected chi connectivity index (χ4v) is 8.93. The van der Waals surface area contributed by atoms with E-state index in [-0.39, 0.29) is 28.5 Å². The van der Waals surface area contributed by atoms with E-state index in [2.05, 4.69) is 50.0 Å². The first-order valence-electron chi connectivity index (χ1n) is 12.7. The molecule has 4 aliphatic rings. The minimum Gasteiger partial charge on any atom is -0.392 e. The number of aromatic amines is 1. The van der Waals surface area contributed by atoms with Crippen LogP contribution in [0.15, 0.2) is 24.3 Å². The molecular formula is C28H39NO3. The summed E-state index contributed by atoms with van der Waals surface area (Å²) in [6.45, 7) is 10.9. The minimum atomic E-state index is -0.933. The Labute approximate surface area is 191 Å². The van der Waals surface area contributed by atoms with Crippen LogP contribution in [0.5, 0.6) is 0 Å². The quantitative estimate of drug-likeness (QED) is 0.581. The van der Waals surface area contributed by atoms with Crippen molar-refractivity contribution in [1.82, 2.24) is 4.98 Å². The maximum absolute atomic E-state index is 11.6. The van der Waals surface area contributed by atoms with Crippen LogP contribution in [0.25, 0.3) is 10.9 Å². The van der Waals surface area contributed by atoms with Crippen LogP contribution < -0.4 is 0 Å². The van der Waals surface area contributed by atoms with Crippen LogP contribution in [0.2, 0.25) is 0 Å². The molecule has 2 heterocycles. The molecule has 2 saturated carbocycles. The zero-order chi connectivity index (χ0) is 22.7. The Hall–Kier alpha value is -1.36. The van der Waals surface area contributed by atoms with E-state index >= 15 is 0 Å². The minimum absolute atomic E-state index is 0.00416. The molecular weight excluding hydrogens is 398 g/mol. The van der Waals surface area contributed by atoms with E-state index in [0.717, 1.165) is 25.7 Å². The molecule has 0 radical (unpaired) electrons. The molecule has 0 spiro atoms. The number of nitrogens with one attached hydrogen (secondary N) is 1. The van der Waals surface area contributed by atoms with Crippen molar-refractivity contribution in [2.75, 3.05) is 0 Å². The van der Waals surface area contributed by atoms with Gasteiger partial charge in [-0.2, -0.15) is 0 Å². The fraction of sp³-hybridized carbons (Fsp3) is 0.714. The predicted molar refractivity (Wildman–Crippen MR) is 127 cm³/mol. The normalized spacial score (nSPS) is 45.8. The molecule has 2 aromatic rings. The number of aliphatic hydroxyl groups excluding tert-OH is 1. The van der Waals surface area contributed by atoms with E-state index in [0.29, 0.717) is 18.3 Å². The maximum Gasteiger partial charge on any atom is 0.0885 e. The Morgan fingerprint density at radius 1 is 1.09 bits per heavy atom. The lowest BCUT2D eigenvalue weighted by Gasteiger charge is -2.67. The third kappa shape index (κ3) is 2.39. The van der Waals surface area contributed by atoms with Gasteiger partial charge in [0.2, 0.25) is 0 Å². The van der Waals surface area contributed by atoms with Crippen LogP contribution in [0.3, 0.4) is 0 Å². The van der Waals surface area contributed by atoms with E-state index in [1.54, 1.807) is 0 Å². The number of aliphatic hydroxyl groups is 2. The third-order valence-corrected chi connectivity index (χ3v) is 11.0. The average Bonchev–Trinajstić information content (AvgIpc) is 3.23. The molecule has 1 aromatic heterocycles. The Bertz CT molecular complexity index is 1070. The molecule has 174 valence electrons. The van der Waals surface area contributed by atoms with Gasteiger partial charge in [0.15, 0.2) is 0 Å². The van der Waals surface area contributed by atoms with Gasteiger partial charge in [-0.15, -0.1) is 0 Å². The molecule has 32 heavy (non-hydrogen) atoms. The van der Waals surface area contributed by atoms with Gasteiger partial charge in [0.1, 0.15) is 0 Å². The summed E-state index contributed by atoms with van der Waals surface area (Å²) in [5, 5.41) is 23.6. The summed E-state index contributed by atoms with van der Waals surface area (Å²) in [5.41, 5.74) is 3.21. The number of benzene rings is 1. The standard InChI is InChI=1S/C28H39NO3/c1-25(2,31)23-15-21(30)27(4)20-11-10-16-14-18-17-8-6-7-9-19(17)29-24(18)28(16,5)26(20,3)13-12-22(27)32-23/h6-9,16,20-23,29-31H,10-15H2,1-5H3/t16-,20+,21?,22-,23-,26-,27+,28+/m0/s1. The number of aromatic nitrogens is 1. The highest BCUT2D eigenvalue weighted by molar-refractivity contribution is 5.86. The largest absolute Gasteiger partial charge is 0.392 e. The second-order valence-electron chi connectivity index (χ2n) is 12.6. The zero-order valence-corrected chi connectivity index (χ0v) is 20.2. The van der Waals surface area contributed by atoms with Gasteiger partial charge >= 0.3 is 0 Å². The average molecular weight is 438 g/mol. The van der Waals surface area contributed by atoms with Gasteiger partial charge in [-0.05, 0) is 74.8 Å². The second-order valence-corrected chi connectivity index (χ2v) is 12.6. The van der Waals surface area contributed by atoms with Gasteiger partial charge in [-0.1, -0.05) is 39.0 Å². The van der Waals surface area contributed by atoms with Gasteiger partial charge < -0.3 is 19.9 Å². The molecule has 3 aliphatic carbocycles. The molecule has 6 rings (SSSR count). The smallest absolute Gasteiger partial charge is 0.0885 e. The molecule has 1 aliphatic heterocycles. The van der Waals surface area contributed by atoms with Crippen molar-refractivity contribution >= 4 is 10.9 Å². The molecule has 1 aromatic carbocycles. The van der Waals surface area contributed by atoms with Gasteiger partial charge in [0.05, 0.1) is 23.9 Å². The Morgan fingerprint density at radius 3 is 2.59 bits per heavy atom. The Kier molecular flexibility index (Phi) is 4.24. The van der Waals surface area contributed by atoms with Crippen LogP contribution in [-0.4, -0.2) is 39.1 Å². The monoisotopic (exact) mass is 437 g/mol. The molecule has 4 nitrogen and oxygen atoms in total. The summed E-state index contributed by atoms with van der Waals surface area (Å²) in [7, 11) is 0. The first kappa shape index (κ1) is 21.2. The van der Waals surface area contributed by atoms with Gasteiger partial charge in [0, 0.05) is 33.8 Å². The highest BCUT2D eigenvalue weighted by Crippen LogP contribution is 2.71. The van der Waals surface area contributed by atoms with Crippen molar-refractivity contribution in [3.8, 4) is 0 Å². The van der Waals surface area contributed by atoms with Crippen LogP contribution in [0.1, 0.15) is 78.0 Å². The molecule has 1 saturated heterocycles. The topological polar surface area (TPSA) is 65.5 Å². The zero-order valence-electron chi connectivity index (χ0n) is 20.2. The molecule has 0 bridgehead atoms. The molecule has 3 fully saturated rings. The van der Waals surface area contributed by atoms with Crippen molar-refractivity contribution in [3.05, 3.63) is 35.5 Å².